The van der Waals surface area contributed by atoms with Crippen LogP contribution in [0.3, 0.4) is 0 Å². The fourth-order valence-corrected chi connectivity index (χ4v) is 4.51. The Morgan fingerprint density at radius 3 is 2.95 bits per heavy atom. The van der Waals surface area contributed by atoms with Gasteiger partial charge < -0.3 is 14.6 Å². The Kier molecular flexibility index (Phi) is 2.43. The van der Waals surface area contributed by atoms with Gasteiger partial charge in [-0.3, -0.25) is 0 Å². The standard InChI is InChI=1S/C16H18O4/c1-19-12-8-4-6-10-13-9-5-2-3-7-11(9)16(13,18)15(17)20-14(10)12/h4,6,8-9,11,13,18H,2-3,5,7H2,1H3. The number of para-hydroxylation sites is 1. The Labute approximate surface area is 117 Å². The number of carbonyl (C=O) groups excluding carboxylic acids is 1. The van der Waals surface area contributed by atoms with Crippen LogP contribution in [0.4, 0.5) is 0 Å². The molecule has 4 atom stereocenters. The molecule has 0 radical (unpaired) electrons. The van der Waals surface area contributed by atoms with E-state index in [4.69, 9.17) is 9.47 Å². The number of benzene rings is 1. The van der Waals surface area contributed by atoms with Crippen LogP contribution in [0.1, 0.15) is 37.2 Å². The van der Waals surface area contributed by atoms with Gasteiger partial charge in [0.1, 0.15) is 0 Å². The third kappa shape index (κ3) is 1.28. The fourth-order valence-electron chi connectivity index (χ4n) is 4.51. The van der Waals surface area contributed by atoms with Crippen molar-refractivity contribution in [2.45, 2.75) is 37.2 Å². The molecule has 4 rings (SSSR count). The van der Waals surface area contributed by atoms with Crippen LogP contribution in [0.5, 0.6) is 11.5 Å². The van der Waals surface area contributed by atoms with Crippen LogP contribution in [0.2, 0.25) is 0 Å². The quantitative estimate of drug-likeness (QED) is 0.630. The van der Waals surface area contributed by atoms with Crippen LogP contribution in [0, 0.1) is 11.8 Å². The van der Waals surface area contributed by atoms with Gasteiger partial charge in [-0.05, 0) is 24.8 Å². The van der Waals surface area contributed by atoms with Gasteiger partial charge in [-0.15, -0.1) is 0 Å². The lowest BCUT2D eigenvalue weighted by Crippen LogP contribution is -2.68. The van der Waals surface area contributed by atoms with Gasteiger partial charge in [0, 0.05) is 17.4 Å². The van der Waals surface area contributed by atoms with E-state index in [1.807, 2.05) is 12.1 Å². The van der Waals surface area contributed by atoms with Gasteiger partial charge in [0.05, 0.1) is 7.11 Å². The van der Waals surface area contributed by atoms with Crippen molar-refractivity contribution in [1.29, 1.82) is 0 Å². The molecule has 3 aliphatic rings. The zero-order valence-electron chi connectivity index (χ0n) is 11.5. The molecule has 20 heavy (non-hydrogen) atoms. The molecule has 2 fully saturated rings. The van der Waals surface area contributed by atoms with E-state index >= 15 is 0 Å². The summed E-state index contributed by atoms with van der Waals surface area (Å²) in [5, 5.41) is 10.9. The lowest BCUT2D eigenvalue weighted by atomic mass is 9.47. The summed E-state index contributed by atoms with van der Waals surface area (Å²) in [6.45, 7) is 0. The monoisotopic (exact) mass is 274 g/mol. The summed E-state index contributed by atoms with van der Waals surface area (Å²) >= 11 is 0. The van der Waals surface area contributed by atoms with Crippen molar-refractivity contribution in [3.8, 4) is 11.5 Å². The van der Waals surface area contributed by atoms with Gasteiger partial charge in [-0.2, -0.15) is 0 Å². The zero-order valence-corrected chi connectivity index (χ0v) is 11.5. The Hall–Kier alpha value is -1.55. The van der Waals surface area contributed by atoms with Gasteiger partial charge in [0.2, 0.25) is 0 Å². The van der Waals surface area contributed by atoms with Crippen molar-refractivity contribution in [3.63, 3.8) is 0 Å². The highest BCUT2D eigenvalue weighted by atomic mass is 16.6. The molecular formula is C16H18O4. The van der Waals surface area contributed by atoms with E-state index < -0.39 is 11.6 Å². The van der Waals surface area contributed by atoms with Crippen LogP contribution in [0.15, 0.2) is 18.2 Å². The fraction of sp³-hybridized carbons (Fsp3) is 0.562. The molecule has 4 unspecified atom stereocenters. The molecule has 0 amide bonds. The van der Waals surface area contributed by atoms with Gasteiger partial charge in [0.15, 0.2) is 17.1 Å². The number of hydrogen-bond acceptors (Lipinski definition) is 4. The first-order valence-electron chi connectivity index (χ1n) is 7.29. The minimum absolute atomic E-state index is 0.0631. The molecule has 0 spiro atoms. The predicted octanol–water partition coefficient (Wildman–Crippen LogP) is 2.25. The molecule has 4 heteroatoms. The van der Waals surface area contributed by atoms with E-state index in [0.29, 0.717) is 17.4 Å². The summed E-state index contributed by atoms with van der Waals surface area (Å²) in [4.78, 5) is 12.3. The smallest absolute Gasteiger partial charge is 0.344 e. The number of ether oxygens (including phenoxy) is 2. The number of aliphatic hydroxyl groups is 1. The second-order valence-corrected chi connectivity index (χ2v) is 6.13. The summed E-state index contributed by atoms with van der Waals surface area (Å²) in [5.41, 5.74) is -0.389. The molecule has 4 nitrogen and oxygen atoms in total. The first-order valence-corrected chi connectivity index (χ1v) is 7.29. The maximum absolute atomic E-state index is 12.3. The van der Waals surface area contributed by atoms with Crippen molar-refractivity contribution < 1.29 is 19.4 Å². The normalized spacial score (nSPS) is 37.9. The zero-order chi connectivity index (χ0) is 13.9. The number of rotatable bonds is 1. The predicted molar refractivity (Wildman–Crippen MR) is 71.8 cm³/mol. The molecule has 2 aliphatic carbocycles. The van der Waals surface area contributed by atoms with Crippen molar-refractivity contribution in [1.82, 2.24) is 0 Å². The maximum Gasteiger partial charge on any atom is 0.344 e. The lowest BCUT2D eigenvalue weighted by molar-refractivity contribution is -0.211. The topological polar surface area (TPSA) is 55.8 Å². The van der Waals surface area contributed by atoms with Crippen molar-refractivity contribution in [2.75, 3.05) is 7.11 Å². The van der Waals surface area contributed by atoms with E-state index in [-0.39, 0.29) is 11.8 Å². The summed E-state index contributed by atoms with van der Waals surface area (Å²) < 4.78 is 10.7. The molecule has 106 valence electrons. The highest BCUT2D eigenvalue weighted by Crippen LogP contribution is 2.64. The molecule has 1 aromatic rings. The van der Waals surface area contributed by atoms with E-state index in [1.54, 1.807) is 13.2 Å². The van der Waals surface area contributed by atoms with Crippen molar-refractivity contribution >= 4 is 5.97 Å². The van der Waals surface area contributed by atoms with Crippen LogP contribution >= 0.6 is 0 Å². The van der Waals surface area contributed by atoms with E-state index in [1.165, 1.54) is 6.42 Å². The lowest BCUT2D eigenvalue weighted by Gasteiger charge is -2.60. The summed E-state index contributed by atoms with van der Waals surface area (Å²) in [7, 11) is 1.56. The third-order valence-corrected chi connectivity index (χ3v) is 5.37. The van der Waals surface area contributed by atoms with Crippen LogP contribution in [-0.2, 0) is 4.79 Å². The molecule has 1 heterocycles. The first kappa shape index (κ1) is 12.2. The average Bonchev–Trinajstić information content (AvgIpc) is 2.47. The van der Waals surface area contributed by atoms with Crippen LogP contribution in [0.25, 0.3) is 0 Å². The Morgan fingerprint density at radius 2 is 2.15 bits per heavy atom. The molecule has 2 saturated carbocycles. The molecule has 0 bridgehead atoms. The molecule has 1 aliphatic heterocycles. The number of esters is 1. The second-order valence-electron chi connectivity index (χ2n) is 6.13. The van der Waals surface area contributed by atoms with E-state index in [9.17, 15) is 9.90 Å². The van der Waals surface area contributed by atoms with Crippen molar-refractivity contribution in [3.05, 3.63) is 23.8 Å². The van der Waals surface area contributed by atoms with Gasteiger partial charge in [0.25, 0.3) is 0 Å². The first-order chi connectivity index (χ1) is 9.67. The second kappa shape index (κ2) is 3.98. The summed E-state index contributed by atoms with van der Waals surface area (Å²) in [5.74, 6) is 0.901. The molecule has 1 N–H and O–H groups in total. The van der Waals surface area contributed by atoms with E-state index in [2.05, 4.69) is 0 Å². The Bertz CT molecular complexity index is 582. The number of hydrogen-bond donors (Lipinski definition) is 1. The SMILES string of the molecule is COc1cccc2c1OC(=O)C1(O)C3CCCCC3C21. The third-order valence-electron chi connectivity index (χ3n) is 5.37. The summed E-state index contributed by atoms with van der Waals surface area (Å²) in [6, 6.07) is 5.63. The Morgan fingerprint density at radius 1 is 1.35 bits per heavy atom. The highest BCUT2D eigenvalue weighted by Gasteiger charge is 2.69. The average molecular weight is 274 g/mol. The van der Waals surface area contributed by atoms with Gasteiger partial charge in [-0.1, -0.05) is 25.0 Å². The van der Waals surface area contributed by atoms with Crippen LogP contribution in [-0.4, -0.2) is 23.8 Å². The maximum atomic E-state index is 12.3. The summed E-state index contributed by atoms with van der Waals surface area (Å²) in [6.07, 6.45) is 4.28. The Balaban J connectivity index is 1.85. The molecule has 0 aromatic heterocycles. The molecule has 0 saturated heterocycles. The highest BCUT2D eigenvalue weighted by molar-refractivity contribution is 5.89. The van der Waals surface area contributed by atoms with Gasteiger partial charge >= 0.3 is 5.97 Å². The van der Waals surface area contributed by atoms with E-state index in [0.717, 1.165) is 24.8 Å². The number of carbonyl (C=O) groups is 1. The van der Waals surface area contributed by atoms with Crippen molar-refractivity contribution in [2.24, 2.45) is 11.8 Å². The molecular weight excluding hydrogens is 256 g/mol. The number of methoxy groups -OCH3 is 1. The molecule has 1 aromatic carbocycles. The minimum Gasteiger partial charge on any atom is -0.493 e. The van der Waals surface area contributed by atoms with Gasteiger partial charge in [-0.25, -0.2) is 4.79 Å². The largest absolute Gasteiger partial charge is 0.493 e. The van der Waals surface area contributed by atoms with Crippen LogP contribution < -0.4 is 9.47 Å². The number of fused-ring (bicyclic) bond motifs is 6. The minimum atomic E-state index is -1.32.